The van der Waals surface area contributed by atoms with Gasteiger partial charge < -0.3 is 33.8 Å². The van der Waals surface area contributed by atoms with E-state index in [4.69, 9.17) is 37.0 Å². The third kappa shape index (κ3) is 64.8. The first-order valence-electron chi connectivity index (χ1n) is 37.0. The third-order valence-electron chi connectivity index (χ3n) is 16.5. The predicted molar refractivity (Wildman–Crippen MR) is 363 cm³/mol. The van der Waals surface area contributed by atoms with Crippen molar-refractivity contribution in [2.24, 2.45) is 11.8 Å². The second-order valence-corrected chi connectivity index (χ2v) is 29.5. The van der Waals surface area contributed by atoms with Gasteiger partial charge in [0.25, 0.3) is 0 Å². The first kappa shape index (κ1) is 88.1. The van der Waals surface area contributed by atoms with E-state index in [1.807, 2.05) is 0 Å². The number of hydrogen-bond donors (Lipinski definition) is 3. The molecule has 0 aromatic heterocycles. The van der Waals surface area contributed by atoms with Crippen molar-refractivity contribution >= 4 is 39.5 Å². The zero-order chi connectivity index (χ0) is 66.5. The summed E-state index contributed by atoms with van der Waals surface area (Å²) in [4.78, 5) is 72.5. The molecule has 0 aliphatic rings. The Labute approximate surface area is 549 Å². The Kier molecular flexibility index (Phi) is 61.8. The molecule has 0 aromatic rings. The van der Waals surface area contributed by atoms with Crippen LogP contribution in [0.4, 0.5) is 0 Å². The van der Waals surface area contributed by atoms with Crippen LogP contribution in [0.3, 0.4) is 0 Å². The van der Waals surface area contributed by atoms with Gasteiger partial charge in [0.15, 0.2) is 12.2 Å². The Morgan fingerprint density at radius 3 is 0.756 bits per heavy atom. The van der Waals surface area contributed by atoms with E-state index in [0.29, 0.717) is 25.7 Å². The molecule has 0 aromatic carbocycles. The maximum atomic E-state index is 13.0. The van der Waals surface area contributed by atoms with Crippen molar-refractivity contribution in [3.63, 3.8) is 0 Å². The number of esters is 4. The molecule has 5 atom stereocenters. The minimum atomic E-state index is -4.95. The van der Waals surface area contributed by atoms with E-state index in [0.717, 1.165) is 102 Å². The smallest absolute Gasteiger partial charge is 0.462 e. The van der Waals surface area contributed by atoms with Crippen molar-refractivity contribution in [2.75, 3.05) is 39.6 Å². The molecule has 0 aliphatic heterocycles. The molecular formula is C71H138O17P2. The molecule has 0 rings (SSSR count). The maximum absolute atomic E-state index is 13.0. The summed E-state index contributed by atoms with van der Waals surface area (Å²) >= 11 is 0. The highest BCUT2D eigenvalue weighted by Crippen LogP contribution is 2.45. The predicted octanol–water partition coefficient (Wildman–Crippen LogP) is 20.4. The standard InChI is InChI=1S/C71H138O17P2/c1-7-9-11-13-15-17-19-20-21-22-23-24-25-29-37-43-49-55-70(75)87-66(59-82-69(74)54-48-42-36-30-26-27-33-39-45-51-63(3)4)61-85-89(77,78)83-57-65(72)58-84-90(79,80)86-62-67(60-81-68(73)53-47-41-35-28-18-16-14-12-10-8-2)88-71(76)56-50-44-38-32-31-34-40-46-52-64(5)6/h63-67,72H,7-62H2,1-6H3,(H,77,78)(H,79,80)/t65-,66-,67-/m1/s1. The molecule has 3 N–H and O–H groups in total. The number of phosphoric acid groups is 2. The number of ether oxygens (including phenoxy) is 4. The summed E-state index contributed by atoms with van der Waals surface area (Å²) in [7, 11) is -9.90. The Morgan fingerprint density at radius 1 is 0.300 bits per heavy atom. The van der Waals surface area contributed by atoms with Gasteiger partial charge in [0, 0.05) is 25.7 Å². The lowest BCUT2D eigenvalue weighted by Gasteiger charge is -2.21. The minimum absolute atomic E-state index is 0.105. The zero-order valence-corrected chi connectivity index (χ0v) is 60.2. The van der Waals surface area contributed by atoms with Gasteiger partial charge in [-0.25, -0.2) is 9.13 Å². The molecule has 90 heavy (non-hydrogen) atoms. The molecule has 0 bridgehead atoms. The van der Waals surface area contributed by atoms with Crippen LogP contribution >= 0.6 is 15.6 Å². The van der Waals surface area contributed by atoms with Crippen LogP contribution in [0.1, 0.15) is 363 Å². The third-order valence-corrected chi connectivity index (χ3v) is 18.4. The topological polar surface area (TPSA) is 237 Å². The molecule has 0 saturated carbocycles. The van der Waals surface area contributed by atoms with Gasteiger partial charge >= 0.3 is 39.5 Å². The molecule has 0 amide bonds. The van der Waals surface area contributed by atoms with Crippen molar-refractivity contribution in [3.05, 3.63) is 0 Å². The lowest BCUT2D eigenvalue weighted by Crippen LogP contribution is -2.30. The van der Waals surface area contributed by atoms with Gasteiger partial charge in [-0.05, 0) is 37.5 Å². The Hall–Kier alpha value is -1.94. The van der Waals surface area contributed by atoms with Gasteiger partial charge in [0.1, 0.15) is 19.3 Å². The number of unbranched alkanes of at least 4 members (excludes halogenated alkanes) is 40. The van der Waals surface area contributed by atoms with Crippen molar-refractivity contribution in [2.45, 2.75) is 381 Å². The molecule has 0 radical (unpaired) electrons. The van der Waals surface area contributed by atoms with Crippen LogP contribution in [0, 0.1) is 11.8 Å². The number of phosphoric ester groups is 2. The molecular weight excluding hydrogens is 1190 g/mol. The van der Waals surface area contributed by atoms with Gasteiger partial charge in [-0.2, -0.15) is 0 Å². The number of carbonyl (C=O) groups excluding carboxylic acids is 4. The summed E-state index contributed by atoms with van der Waals surface area (Å²) in [6, 6.07) is 0. The largest absolute Gasteiger partial charge is 0.472 e. The monoisotopic (exact) mass is 1320 g/mol. The lowest BCUT2D eigenvalue weighted by molar-refractivity contribution is -0.161. The Balaban J connectivity index is 5.23. The number of aliphatic hydroxyl groups excluding tert-OH is 1. The molecule has 0 fully saturated rings. The summed E-state index contributed by atoms with van der Waals surface area (Å²) in [5.74, 6) is -0.662. The minimum Gasteiger partial charge on any atom is -0.462 e. The zero-order valence-electron chi connectivity index (χ0n) is 58.4. The summed E-state index contributed by atoms with van der Waals surface area (Å²) in [6.07, 6.45) is 48.6. The highest BCUT2D eigenvalue weighted by atomic mass is 31.2. The van der Waals surface area contributed by atoms with E-state index < -0.39 is 97.5 Å². The van der Waals surface area contributed by atoms with Crippen LogP contribution in [-0.4, -0.2) is 96.7 Å². The van der Waals surface area contributed by atoms with Crippen molar-refractivity contribution in [3.8, 4) is 0 Å². The van der Waals surface area contributed by atoms with Gasteiger partial charge in [-0.3, -0.25) is 37.3 Å². The van der Waals surface area contributed by atoms with Crippen LogP contribution in [-0.2, 0) is 65.4 Å². The number of hydrogen-bond acceptors (Lipinski definition) is 15. The summed E-state index contributed by atoms with van der Waals surface area (Å²) in [5.41, 5.74) is 0. The molecule has 17 nitrogen and oxygen atoms in total. The quantitative estimate of drug-likeness (QED) is 0.0222. The average Bonchev–Trinajstić information content (AvgIpc) is 3.13. The molecule has 534 valence electrons. The second kappa shape index (κ2) is 63.1. The molecule has 2 unspecified atom stereocenters. The second-order valence-electron chi connectivity index (χ2n) is 26.6. The van der Waals surface area contributed by atoms with Crippen LogP contribution in [0.5, 0.6) is 0 Å². The highest BCUT2D eigenvalue weighted by molar-refractivity contribution is 7.47. The number of aliphatic hydroxyl groups is 1. The van der Waals surface area contributed by atoms with E-state index in [9.17, 15) is 43.2 Å². The molecule has 0 aliphatic carbocycles. The summed E-state index contributed by atoms with van der Waals surface area (Å²) in [6.45, 7) is 9.49. The van der Waals surface area contributed by atoms with E-state index in [1.54, 1.807) is 0 Å². The van der Waals surface area contributed by atoms with E-state index >= 15 is 0 Å². The van der Waals surface area contributed by atoms with Crippen molar-refractivity contribution in [1.29, 1.82) is 0 Å². The fraction of sp³-hybridized carbons (Fsp3) is 0.944. The molecule has 0 spiro atoms. The molecule has 0 saturated heterocycles. The van der Waals surface area contributed by atoms with Crippen molar-refractivity contribution < 1.29 is 80.2 Å². The van der Waals surface area contributed by atoms with Gasteiger partial charge in [-0.15, -0.1) is 0 Å². The molecule has 19 heteroatoms. The fourth-order valence-corrected chi connectivity index (χ4v) is 12.3. The van der Waals surface area contributed by atoms with Crippen LogP contribution in [0.15, 0.2) is 0 Å². The first-order valence-corrected chi connectivity index (χ1v) is 40.0. The number of rotatable bonds is 70. The highest BCUT2D eigenvalue weighted by Gasteiger charge is 2.30. The van der Waals surface area contributed by atoms with E-state index in [-0.39, 0.29) is 25.7 Å². The van der Waals surface area contributed by atoms with Gasteiger partial charge in [-0.1, -0.05) is 311 Å². The molecule has 0 heterocycles. The Morgan fingerprint density at radius 2 is 0.511 bits per heavy atom. The Bertz CT molecular complexity index is 1750. The van der Waals surface area contributed by atoms with Crippen LogP contribution < -0.4 is 0 Å². The van der Waals surface area contributed by atoms with Gasteiger partial charge in [0.2, 0.25) is 0 Å². The van der Waals surface area contributed by atoms with E-state index in [2.05, 4.69) is 41.5 Å². The lowest BCUT2D eigenvalue weighted by atomic mass is 10.0. The average molecular weight is 1330 g/mol. The first-order chi connectivity index (χ1) is 43.4. The van der Waals surface area contributed by atoms with Crippen LogP contribution in [0.25, 0.3) is 0 Å². The fourth-order valence-electron chi connectivity index (χ4n) is 10.8. The summed E-state index contributed by atoms with van der Waals surface area (Å²) in [5, 5.41) is 10.6. The normalized spacial score (nSPS) is 14.1. The van der Waals surface area contributed by atoms with Crippen LogP contribution in [0.2, 0.25) is 0 Å². The number of carbonyl (C=O) groups is 4. The maximum Gasteiger partial charge on any atom is 0.472 e. The SMILES string of the molecule is CCCCCCCCCCCCCCCCCCCC(=O)O[C@H](COC(=O)CCCCCCCCCCCC(C)C)COP(=O)(O)OC[C@@H](O)COP(=O)(O)OC[C@@H](COC(=O)CCCCCCCCCCCC)OC(=O)CCCCCCCCCCC(C)C. The van der Waals surface area contributed by atoms with Gasteiger partial charge in [0.05, 0.1) is 26.4 Å². The summed E-state index contributed by atoms with van der Waals surface area (Å²) < 4.78 is 68.3. The van der Waals surface area contributed by atoms with E-state index in [1.165, 1.54) is 180 Å². The van der Waals surface area contributed by atoms with Crippen molar-refractivity contribution in [1.82, 2.24) is 0 Å².